The maximum Gasteiger partial charge on any atom is 0.323 e. The van der Waals surface area contributed by atoms with Crippen molar-refractivity contribution in [3.63, 3.8) is 0 Å². The zero-order valence-electron chi connectivity index (χ0n) is 21.4. The van der Waals surface area contributed by atoms with Crippen LogP contribution in [0.15, 0.2) is 78.4 Å². The molecule has 2 aliphatic carbocycles. The van der Waals surface area contributed by atoms with Gasteiger partial charge in [-0.3, -0.25) is 9.59 Å². The monoisotopic (exact) mass is 494 g/mol. The number of esters is 1. The molecule has 0 saturated carbocycles. The fourth-order valence-electron chi connectivity index (χ4n) is 5.97. The van der Waals surface area contributed by atoms with Crippen molar-refractivity contribution in [1.29, 1.82) is 0 Å². The molecule has 3 aromatic carbocycles. The molecule has 0 aliphatic heterocycles. The van der Waals surface area contributed by atoms with E-state index in [1.54, 1.807) is 12.1 Å². The van der Waals surface area contributed by atoms with Crippen molar-refractivity contribution in [2.75, 3.05) is 0 Å². The van der Waals surface area contributed by atoms with Gasteiger partial charge in [-0.2, -0.15) is 0 Å². The second-order valence-electron chi connectivity index (χ2n) is 10.9. The first kappa shape index (κ1) is 25.0. The minimum Gasteiger partial charge on any atom is -0.455 e. The number of rotatable bonds is 8. The number of fused-ring (bicyclic) bond motifs is 2. The molecule has 5 nitrogen and oxygen atoms in total. The number of ether oxygens (including phenoxy) is 1. The van der Waals surface area contributed by atoms with Gasteiger partial charge in [0.25, 0.3) is 0 Å². The van der Waals surface area contributed by atoms with Gasteiger partial charge in [0.1, 0.15) is 12.1 Å². The Kier molecular flexibility index (Phi) is 6.74. The van der Waals surface area contributed by atoms with E-state index in [0.29, 0.717) is 24.3 Å². The van der Waals surface area contributed by atoms with Crippen molar-refractivity contribution >= 4 is 18.0 Å². The highest BCUT2D eigenvalue weighted by Gasteiger charge is 2.51. The van der Waals surface area contributed by atoms with E-state index in [9.17, 15) is 9.59 Å². The fraction of sp³-hybridized carbons (Fsp3) is 0.312. The van der Waals surface area contributed by atoms with Crippen molar-refractivity contribution < 1.29 is 14.3 Å². The molecular formula is C32H34N2O3. The summed E-state index contributed by atoms with van der Waals surface area (Å²) in [7, 11) is 0. The van der Waals surface area contributed by atoms with Crippen LogP contribution in [-0.4, -0.2) is 17.9 Å². The second-order valence-corrected chi connectivity index (χ2v) is 10.9. The summed E-state index contributed by atoms with van der Waals surface area (Å²) < 4.78 is 6.38. The van der Waals surface area contributed by atoms with E-state index in [0.717, 1.165) is 24.0 Å². The lowest BCUT2D eigenvalue weighted by Gasteiger charge is -2.38. The number of hydrogen-bond donors (Lipinski definition) is 2. The second kappa shape index (κ2) is 9.98. The molecule has 0 heterocycles. The average molecular weight is 495 g/mol. The maximum absolute atomic E-state index is 13.3. The SMILES string of the molecule is CC(C)C[C@H](N)C(=O)O[C@H]1c2ccccc2C[C@]1(Cc1ccc(C(N)=O)cc1)C1=Cc2ccccc2C1. The number of primary amides is 1. The van der Waals surface area contributed by atoms with Gasteiger partial charge in [-0.25, -0.2) is 0 Å². The average Bonchev–Trinajstić information content (AvgIpc) is 3.44. The zero-order valence-corrected chi connectivity index (χ0v) is 21.4. The molecule has 0 unspecified atom stereocenters. The third-order valence-corrected chi connectivity index (χ3v) is 7.77. The van der Waals surface area contributed by atoms with Crippen LogP contribution in [0.25, 0.3) is 6.08 Å². The van der Waals surface area contributed by atoms with Gasteiger partial charge in [0.05, 0.1) is 0 Å². The van der Waals surface area contributed by atoms with E-state index < -0.39 is 23.5 Å². The molecule has 5 rings (SSSR count). The molecule has 3 aromatic rings. The zero-order chi connectivity index (χ0) is 26.2. The molecule has 0 aromatic heterocycles. The third-order valence-electron chi connectivity index (χ3n) is 7.77. The summed E-state index contributed by atoms with van der Waals surface area (Å²) in [5.41, 5.74) is 18.8. The van der Waals surface area contributed by atoms with Gasteiger partial charge in [0.15, 0.2) is 0 Å². The van der Waals surface area contributed by atoms with E-state index in [1.165, 1.54) is 22.3 Å². The van der Waals surface area contributed by atoms with Crippen LogP contribution in [0.4, 0.5) is 0 Å². The molecular weight excluding hydrogens is 460 g/mol. The van der Waals surface area contributed by atoms with Crippen LogP contribution in [-0.2, 0) is 28.8 Å². The van der Waals surface area contributed by atoms with Crippen LogP contribution < -0.4 is 11.5 Å². The van der Waals surface area contributed by atoms with Gasteiger partial charge in [-0.05, 0) is 71.6 Å². The highest BCUT2D eigenvalue weighted by atomic mass is 16.5. The Balaban J connectivity index is 1.59. The molecule has 3 atom stereocenters. The maximum atomic E-state index is 13.3. The van der Waals surface area contributed by atoms with Crippen LogP contribution in [0.3, 0.4) is 0 Å². The quantitative estimate of drug-likeness (QED) is 0.423. The minimum absolute atomic E-state index is 0.291. The molecule has 37 heavy (non-hydrogen) atoms. The molecule has 0 spiro atoms. The summed E-state index contributed by atoms with van der Waals surface area (Å²) in [6, 6.07) is 23.4. The first-order valence-corrected chi connectivity index (χ1v) is 13.0. The van der Waals surface area contributed by atoms with Gasteiger partial charge in [0, 0.05) is 11.0 Å². The predicted molar refractivity (Wildman–Crippen MR) is 146 cm³/mol. The highest BCUT2D eigenvalue weighted by molar-refractivity contribution is 5.92. The number of amides is 1. The Bertz CT molecular complexity index is 1360. The molecule has 190 valence electrons. The lowest BCUT2D eigenvalue weighted by Crippen LogP contribution is -2.39. The van der Waals surface area contributed by atoms with E-state index in [-0.39, 0.29) is 5.97 Å². The summed E-state index contributed by atoms with van der Waals surface area (Å²) >= 11 is 0. The summed E-state index contributed by atoms with van der Waals surface area (Å²) in [5.74, 6) is -0.520. The summed E-state index contributed by atoms with van der Waals surface area (Å²) in [5, 5.41) is 0. The molecule has 4 N–H and O–H groups in total. The van der Waals surface area contributed by atoms with Crippen molar-refractivity contribution in [3.05, 3.63) is 112 Å². The van der Waals surface area contributed by atoms with Crippen LogP contribution >= 0.6 is 0 Å². The summed E-state index contributed by atoms with van der Waals surface area (Å²) in [6.07, 6.45) is 4.58. The van der Waals surface area contributed by atoms with Crippen LogP contribution in [0.2, 0.25) is 0 Å². The fourth-order valence-corrected chi connectivity index (χ4v) is 5.97. The normalized spacial score (nSPS) is 20.8. The topological polar surface area (TPSA) is 95.4 Å². The molecule has 0 bridgehead atoms. The highest BCUT2D eigenvalue weighted by Crippen LogP contribution is 2.56. The molecule has 0 radical (unpaired) electrons. The number of hydrogen-bond acceptors (Lipinski definition) is 4. The molecule has 5 heteroatoms. The first-order chi connectivity index (χ1) is 17.8. The van der Waals surface area contributed by atoms with Gasteiger partial charge in [-0.15, -0.1) is 0 Å². The van der Waals surface area contributed by atoms with E-state index in [2.05, 4.69) is 56.3 Å². The number of benzene rings is 3. The van der Waals surface area contributed by atoms with Crippen LogP contribution in [0, 0.1) is 11.3 Å². The Hall–Kier alpha value is -3.70. The van der Waals surface area contributed by atoms with Crippen molar-refractivity contribution in [3.8, 4) is 0 Å². The Morgan fingerprint density at radius 1 is 0.973 bits per heavy atom. The van der Waals surface area contributed by atoms with E-state index in [1.807, 2.05) is 24.3 Å². The van der Waals surface area contributed by atoms with Gasteiger partial charge < -0.3 is 16.2 Å². The Morgan fingerprint density at radius 2 is 1.65 bits per heavy atom. The molecule has 0 fully saturated rings. The van der Waals surface area contributed by atoms with E-state index in [4.69, 9.17) is 16.2 Å². The van der Waals surface area contributed by atoms with Gasteiger partial charge >= 0.3 is 5.97 Å². The molecule has 0 saturated heterocycles. The third kappa shape index (κ3) is 4.84. The minimum atomic E-state index is -0.671. The Labute approximate surface area is 218 Å². The number of carbonyl (C=O) groups is 2. The van der Waals surface area contributed by atoms with Gasteiger partial charge in [0.2, 0.25) is 5.91 Å². The number of nitrogens with two attached hydrogens (primary N) is 2. The lowest BCUT2D eigenvalue weighted by molar-refractivity contribution is -0.156. The van der Waals surface area contributed by atoms with Crippen LogP contribution in [0.5, 0.6) is 0 Å². The van der Waals surface area contributed by atoms with E-state index >= 15 is 0 Å². The Morgan fingerprint density at radius 3 is 2.32 bits per heavy atom. The van der Waals surface area contributed by atoms with Crippen molar-refractivity contribution in [2.45, 2.75) is 51.7 Å². The first-order valence-electron chi connectivity index (χ1n) is 13.0. The summed E-state index contributed by atoms with van der Waals surface area (Å²) in [6.45, 7) is 4.11. The molecule has 1 amide bonds. The summed E-state index contributed by atoms with van der Waals surface area (Å²) in [4.78, 5) is 25.0. The van der Waals surface area contributed by atoms with Crippen molar-refractivity contribution in [1.82, 2.24) is 0 Å². The largest absolute Gasteiger partial charge is 0.455 e. The van der Waals surface area contributed by atoms with Crippen molar-refractivity contribution in [2.24, 2.45) is 22.8 Å². The predicted octanol–water partition coefficient (Wildman–Crippen LogP) is 5.17. The van der Waals surface area contributed by atoms with Gasteiger partial charge in [-0.1, -0.05) is 86.2 Å². The molecule has 2 aliphatic rings. The lowest BCUT2D eigenvalue weighted by atomic mass is 9.70. The standard InChI is InChI=1S/C32H34N2O3/c1-20(2)15-28(33)31(36)37-29-27-10-6-5-9-25(27)19-32(29,18-21-11-13-22(14-12-21)30(34)35)26-16-23-7-3-4-8-24(23)17-26/h3-14,16,20,28-29H,15,17-19,33H2,1-2H3,(H2,34,35)/t28-,29-,32+/m0/s1. The number of carbonyl (C=O) groups excluding carboxylic acids is 2. The van der Waals surface area contributed by atoms with Crippen LogP contribution in [0.1, 0.15) is 64.5 Å². The smallest absolute Gasteiger partial charge is 0.323 e.